The van der Waals surface area contributed by atoms with E-state index >= 15 is 0 Å². The maximum atomic E-state index is 13.3. The number of amidine groups is 1. The highest BCUT2D eigenvalue weighted by molar-refractivity contribution is 6.33. The highest BCUT2D eigenvalue weighted by Crippen LogP contribution is 2.34. The SMILES string of the molecule is COc1ccc(CN(c2ncc(Cl)c(-c3ccc4c(c3)C(=O)N(CC3=NC(C)ON3)C4)n2)C2CCOCC2)c(OC)c1. The van der Waals surface area contributed by atoms with Crippen LogP contribution in [0.25, 0.3) is 11.3 Å². The Morgan fingerprint density at radius 2 is 1.98 bits per heavy atom. The van der Waals surface area contributed by atoms with E-state index in [4.69, 9.17) is 35.6 Å². The van der Waals surface area contributed by atoms with Crippen LogP contribution in [-0.2, 0) is 22.7 Å². The molecule has 11 nitrogen and oxygen atoms in total. The van der Waals surface area contributed by atoms with Crippen LogP contribution in [-0.4, -0.2) is 72.9 Å². The molecule has 3 aromatic rings. The van der Waals surface area contributed by atoms with Crippen molar-refractivity contribution in [3.63, 3.8) is 0 Å². The van der Waals surface area contributed by atoms with Gasteiger partial charge in [0, 0.05) is 55.1 Å². The molecule has 0 aliphatic carbocycles. The van der Waals surface area contributed by atoms with E-state index in [2.05, 4.69) is 20.4 Å². The second-order valence-corrected chi connectivity index (χ2v) is 10.9. The van der Waals surface area contributed by atoms with Crippen molar-refractivity contribution in [2.75, 3.05) is 38.9 Å². The molecule has 1 N–H and O–H groups in total. The van der Waals surface area contributed by atoms with Gasteiger partial charge in [0.2, 0.25) is 5.95 Å². The lowest BCUT2D eigenvalue weighted by Crippen LogP contribution is -2.40. The van der Waals surface area contributed by atoms with Crippen molar-refractivity contribution in [2.45, 2.75) is 45.1 Å². The summed E-state index contributed by atoms with van der Waals surface area (Å²) in [6, 6.07) is 11.7. The monoisotopic (exact) mass is 592 g/mol. The predicted octanol–water partition coefficient (Wildman–Crippen LogP) is 4.23. The maximum absolute atomic E-state index is 13.3. The molecule has 6 rings (SSSR count). The second kappa shape index (κ2) is 12.1. The Labute approximate surface area is 249 Å². The molecule has 0 saturated carbocycles. The second-order valence-electron chi connectivity index (χ2n) is 10.4. The lowest BCUT2D eigenvalue weighted by atomic mass is 10.0. The normalized spacial score (nSPS) is 18.5. The summed E-state index contributed by atoms with van der Waals surface area (Å²) in [5.74, 6) is 2.55. The number of hydroxylamine groups is 1. The van der Waals surface area contributed by atoms with Gasteiger partial charge in [-0.3, -0.25) is 4.79 Å². The number of methoxy groups -OCH3 is 2. The zero-order valence-corrected chi connectivity index (χ0v) is 24.6. The van der Waals surface area contributed by atoms with Crippen molar-refractivity contribution in [3.8, 4) is 22.8 Å². The molecule has 4 heterocycles. The number of aliphatic imine (C=N–C) groups is 1. The van der Waals surface area contributed by atoms with Gasteiger partial charge in [0.1, 0.15) is 17.3 Å². The first-order valence-electron chi connectivity index (χ1n) is 13.9. The summed E-state index contributed by atoms with van der Waals surface area (Å²) in [5.41, 5.74) is 6.66. The van der Waals surface area contributed by atoms with Crippen LogP contribution in [0.15, 0.2) is 47.6 Å². The smallest absolute Gasteiger partial charge is 0.254 e. The first-order chi connectivity index (χ1) is 20.4. The van der Waals surface area contributed by atoms with Crippen LogP contribution in [0.3, 0.4) is 0 Å². The zero-order chi connectivity index (χ0) is 29.2. The van der Waals surface area contributed by atoms with Gasteiger partial charge in [-0.25, -0.2) is 25.3 Å². The highest BCUT2D eigenvalue weighted by atomic mass is 35.5. The molecule has 12 heteroatoms. The third-order valence-electron chi connectivity index (χ3n) is 7.74. The van der Waals surface area contributed by atoms with Crippen molar-refractivity contribution >= 4 is 29.3 Å². The van der Waals surface area contributed by atoms with Crippen molar-refractivity contribution in [1.29, 1.82) is 0 Å². The van der Waals surface area contributed by atoms with Gasteiger partial charge < -0.3 is 24.0 Å². The molecule has 0 spiro atoms. The quantitative estimate of drug-likeness (QED) is 0.390. The summed E-state index contributed by atoms with van der Waals surface area (Å²) < 4.78 is 16.7. The number of halogens is 1. The molecular formula is C30H33ClN6O5. The maximum Gasteiger partial charge on any atom is 0.254 e. The Kier molecular flexibility index (Phi) is 8.14. The summed E-state index contributed by atoms with van der Waals surface area (Å²) in [4.78, 5) is 36.5. The van der Waals surface area contributed by atoms with E-state index in [1.54, 1.807) is 25.3 Å². The summed E-state index contributed by atoms with van der Waals surface area (Å²) in [6.45, 7) is 4.53. The minimum absolute atomic E-state index is 0.0725. The average molecular weight is 593 g/mol. The van der Waals surface area contributed by atoms with Gasteiger partial charge in [0.05, 0.1) is 37.7 Å². The van der Waals surface area contributed by atoms with Gasteiger partial charge in [-0.2, -0.15) is 0 Å². The number of ether oxygens (including phenoxy) is 3. The molecule has 220 valence electrons. The Balaban J connectivity index is 1.31. The molecule has 1 aromatic heterocycles. The van der Waals surface area contributed by atoms with Crippen LogP contribution >= 0.6 is 11.6 Å². The summed E-state index contributed by atoms with van der Waals surface area (Å²) in [7, 11) is 3.28. The van der Waals surface area contributed by atoms with Gasteiger partial charge in [-0.05, 0) is 43.5 Å². The standard InChI is InChI=1S/C30H33ClN6O5/c1-18-33-27(35-42-18)17-36-15-20-5-4-19(12-24(20)29(36)38)28-25(31)14-32-30(34-28)37(22-8-10-41-11-9-22)16-21-6-7-23(39-2)13-26(21)40-3/h4-7,12-14,18,22H,8-11,15-17H2,1-3H3,(H,33,35). The third-order valence-corrected chi connectivity index (χ3v) is 8.02. The van der Waals surface area contributed by atoms with Gasteiger partial charge in [-0.15, -0.1) is 0 Å². The fourth-order valence-electron chi connectivity index (χ4n) is 5.54. The fourth-order valence-corrected chi connectivity index (χ4v) is 5.74. The largest absolute Gasteiger partial charge is 0.497 e. The summed E-state index contributed by atoms with van der Waals surface area (Å²) in [5, 5.41) is 0.408. The molecule has 1 saturated heterocycles. The minimum atomic E-state index is -0.271. The molecule has 1 fully saturated rings. The zero-order valence-electron chi connectivity index (χ0n) is 23.8. The van der Waals surface area contributed by atoms with Crippen LogP contribution in [0.5, 0.6) is 11.5 Å². The summed E-state index contributed by atoms with van der Waals surface area (Å²) >= 11 is 6.67. The van der Waals surface area contributed by atoms with E-state index in [-0.39, 0.29) is 18.2 Å². The molecule has 1 amide bonds. The molecule has 3 aliphatic rings. The van der Waals surface area contributed by atoms with E-state index in [0.29, 0.717) is 60.9 Å². The molecule has 2 aromatic carbocycles. The lowest BCUT2D eigenvalue weighted by Gasteiger charge is -2.35. The molecule has 0 radical (unpaired) electrons. The van der Waals surface area contributed by atoms with E-state index in [9.17, 15) is 4.79 Å². The Morgan fingerprint density at radius 1 is 1.14 bits per heavy atom. The third kappa shape index (κ3) is 5.72. The number of rotatable bonds is 9. The number of nitrogens with zero attached hydrogens (tertiary/aromatic N) is 5. The number of anilines is 1. The predicted molar refractivity (Wildman–Crippen MR) is 158 cm³/mol. The highest BCUT2D eigenvalue weighted by Gasteiger charge is 2.31. The fraction of sp³-hybridized carbons (Fsp3) is 0.400. The number of carbonyl (C=O) groups is 1. The number of carbonyl (C=O) groups excluding carboxylic acids is 1. The number of amides is 1. The number of fused-ring (bicyclic) bond motifs is 1. The van der Waals surface area contributed by atoms with E-state index in [1.165, 1.54) is 0 Å². The molecule has 42 heavy (non-hydrogen) atoms. The first kappa shape index (κ1) is 28.2. The Bertz CT molecular complexity index is 1510. The molecule has 1 unspecified atom stereocenters. The molecule has 1 atom stereocenters. The molecule has 0 bridgehead atoms. The van der Waals surface area contributed by atoms with Crippen LogP contribution in [0.1, 0.15) is 41.3 Å². The van der Waals surface area contributed by atoms with E-state index < -0.39 is 0 Å². The average Bonchev–Trinajstić information content (AvgIpc) is 3.57. The van der Waals surface area contributed by atoms with Crippen LogP contribution < -0.4 is 19.9 Å². The van der Waals surface area contributed by atoms with Crippen LogP contribution in [0.4, 0.5) is 5.95 Å². The van der Waals surface area contributed by atoms with Crippen LogP contribution in [0.2, 0.25) is 5.02 Å². The minimum Gasteiger partial charge on any atom is -0.497 e. The van der Waals surface area contributed by atoms with Crippen molar-refractivity contribution < 1.29 is 23.8 Å². The van der Waals surface area contributed by atoms with Gasteiger partial charge in [0.15, 0.2) is 6.23 Å². The number of aromatic nitrogens is 2. The number of hydrogen-bond donors (Lipinski definition) is 1. The van der Waals surface area contributed by atoms with Crippen molar-refractivity contribution in [3.05, 3.63) is 64.3 Å². The Morgan fingerprint density at radius 3 is 2.71 bits per heavy atom. The summed E-state index contributed by atoms with van der Waals surface area (Å²) in [6.07, 6.45) is 3.04. The van der Waals surface area contributed by atoms with Crippen molar-refractivity contribution in [1.82, 2.24) is 20.3 Å². The van der Waals surface area contributed by atoms with Crippen molar-refractivity contribution in [2.24, 2.45) is 4.99 Å². The molecular weight excluding hydrogens is 560 g/mol. The topological polar surface area (TPSA) is 111 Å². The number of benzene rings is 2. The van der Waals surface area contributed by atoms with E-state index in [0.717, 1.165) is 41.0 Å². The van der Waals surface area contributed by atoms with Crippen LogP contribution in [0, 0.1) is 0 Å². The van der Waals surface area contributed by atoms with Gasteiger partial charge in [0.25, 0.3) is 5.91 Å². The van der Waals surface area contributed by atoms with Gasteiger partial charge >= 0.3 is 0 Å². The van der Waals surface area contributed by atoms with E-state index in [1.807, 2.05) is 43.3 Å². The Hall–Kier alpha value is -3.93. The van der Waals surface area contributed by atoms with Gasteiger partial charge in [-0.1, -0.05) is 23.7 Å². The number of nitrogens with one attached hydrogen (secondary N) is 1. The first-order valence-corrected chi connectivity index (χ1v) is 14.3. The number of hydrogen-bond acceptors (Lipinski definition) is 10. The molecule has 3 aliphatic heterocycles. The lowest BCUT2D eigenvalue weighted by molar-refractivity contribution is 0.0489.